The van der Waals surface area contributed by atoms with Crippen LogP contribution in [0.15, 0.2) is 5.38 Å². The molecule has 0 spiro atoms. The van der Waals surface area contributed by atoms with E-state index in [0.717, 1.165) is 10.7 Å². The number of carbonyl (C=O) groups excluding carboxylic acids is 1. The first-order chi connectivity index (χ1) is 9.47. The molecule has 1 aromatic heterocycles. The summed E-state index contributed by atoms with van der Waals surface area (Å²) in [4.78, 5) is 29.3. The molecule has 1 aromatic rings. The van der Waals surface area contributed by atoms with Gasteiger partial charge in [-0.2, -0.15) is 0 Å². The predicted octanol–water partition coefficient (Wildman–Crippen LogP) is 2.30. The van der Waals surface area contributed by atoms with Crippen molar-refractivity contribution in [2.75, 3.05) is 7.05 Å². The second-order valence-electron chi connectivity index (χ2n) is 5.44. The van der Waals surface area contributed by atoms with Gasteiger partial charge in [-0.05, 0) is 32.6 Å². The van der Waals surface area contributed by atoms with Crippen LogP contribution in [0.5, 0.6) is 0 Å². The van der Waals surface area contributed by atoms with E-state index in [4.69, 9.17) is 5.11 Å². The summed E-state index contributed by atoms with van der Waals surface area (Å²) in [6.45, 7) is 2.48. The minimum Gasteiger partial charge on any atom is -0.481 e. The van der Waals surface area contributed by atoms with E-state index >= 15 is 0 Å². The highest BCUT2D eigenvalue weighted by molar-refractivity contribution is 7.09. The van der Waals surface area contributed by atoms with Gasteiger partial charge < -0.3 is 10.0 Å². The first-order valence-corrected chi connectivity index (χ1v) is 7.74. The molecule has 0 aromatic carbocycles. The molecule has 2 rings (SSSR count). The molecule has 1 aliphatic rings. The number of hydrogen-bond acceptors (Lipinski definition) is 4. The topological polar surface area (TPSA) is 70.5 Å². The van der Waals surface area contributed by atoms with Gasteiger partial charge in [0.05, 0.1) is 23.2 Å². The smallest absolute Gasteiger partial charge is 0.306 e. The first kappa shape index (κ1) is 15.0. The summed E-state index contributed by atoms with van der Waals surface area (Å²) >= 11 is 1.58. The van der Waals surface area contributed by atoms with Gasteiger partial charge in [0.2, 0.25) is 5.91 Å². The van der Waals surface area contributed by atoms with E-state index in [2.05, 4.69) is 4.98 Å². The molecule has 1 saturated carbocycles. The maximum absolute atomic E-state index is 12.3. The van der Waals surface area contributed by atoms with Crippen LogP contribution >= 0.6 is 11.3 Å². The van der Waals surface area contributed by atoms with Crippen molar-refractivity contribution >= 4 is 23.2 Å². The summed E-state index contributed by atoms with van der Waals surface area (Å²) in [7, 11) is 1.79. The van der Waals surface area contributed by atoms with Crippen LogP contribution in [0.4, 0.5) is 0 Å². The van der Waals surface area contributed by atoms with Crippen molar-refractivity contribution in [2.24, 2.45) is 11.8 Å². The summed E-state index contributed by atoms with van der Waals surface area (Å²) in [6.07, 6.45) is 2.57. The number of carboxylic acid groups (broad SMARTS) is 1. The first-order valence-electron chi connectivity index (χ1n) is 6.86. The van der Waals surface area contributed by atoms with E-state index in [1.807, 2.05) is 12.3 Å². The molecular weight excluding hydrogens is 276 g/mol. The summed E-state index contributed by atoms with van der Waals surface area (Å²) in [5.41, 5.74) is 0.919. The molecule has 1 heterocycles. The van der Waals surface area contributed by atoms with Crippen LogP contribution in [0.25, 0.3) is 0 Å². The van der Waals surface area contributed by atoms with Crippen LogP contribution in [-0.2, 0) is 16.1 Å². The van der Waals surface area contributed by atoms with E-state index in [1.165, 1.54) is 0 Å². The highest BCUT2D eigenvalue weighted by atomic mass is 32.1. The van der Waals surface area contributed by atoms with E-state index < -0.39 is 5.97 Å². The third-order valence-corrected chi connectivity index (χ3v) is 4.69. The maximum atomic E-state index is 12.3. The Labute approximate surface area is 122 Å². The Morgan fingerprint density at radius 2 is 1.95 bits per heavy atom. The quantitative estimate of drug-likeness (QED) is 0.925. The number of aryl methyl sites for hydroxylation is 1. The van der Waals surface area contributed by atoms with Crippen molar-refractivity contribution in [3.63, 3.8) is 0 Å². The summed E-state index contributed by atoms with van der Waals surface area (Å²) in [6, 6.07) is 0. The van der Waals surface area contributed by atoms with Gasteiger partial charge in [0.15, 0.2) is 0 Å². The van der Waals surface area contributed by atoms with Gasteiger partial charge >= 0.3 is 5.97 Å². The fourth-order valence-electron chi connectivity index (χ4n) is 2.70. The monoisotopic (exact) mass is 296 g/mol. The Kier molecular flexibility index (Phi) is 4.75. The summed E-state index contributed by atoms with van der Waals surface area (Å²) in [5.74, 6) is -0.928. The van der Waals surface area contributed by atoms with Crippen molar-refractivity contribution in [3.05, 3.63) is 16.1 Å². The Hall–Kier alpha value is -1.43. The second kappa shape index (κ2) is 6.35. The average molecular weight is 296 g/mol. The van der Waals surface area contributed by atoms with Crippen LogP contribution < -0.4 is 0 Å². The molecule has 1 fully saturated rings. The highest BCUT2D eigenvalue weighted by Gasteiger charge is 2.31. The number of aromatic nitrogens is 1. The van der Waals surface area contributed by atoms with Crippen LogP contribution in [0, 0.1) is 18.8 Å². The lowest BCUT2D eigenvalue weighted by molar-refractivity contribution is -0.145. The number of thiazole rings is 1. The van der Waals surface area contributed by atoms with Crippen LogP contribution in [0.1, 0.15) is 36.4 Å². The van der Waals surface area contributed by atoms with Gasteiger partial charge in [-0.3, -0.25) is 9.59 Å². The van der Waals surface area contributed by atoms with Gasteiger partial charge in [0.1, 0.15) is 0 Å². The lowest BCUT2D eigenvalue weighted by Gasteiger charge is -2.28. The Balaban J connectivity index is 1.86. The Morgan fingerprint density at radius 3 is 2.45 bits per heavy atom. The molecule has 5 nitrogen and oxygen atoms in total. The molecule has 1 N–H and O–H groups in total. The third kappa shape index (κ3) is 3.56. The zero-order valence-corrected chi connectivity index (χ0v) is 12.7. The SMILES string of the molecule is Cc1nc(CN(C)C(=O)C2CCC(C(=O)O)CC2)cs1. The Bertz CT molecular complexity index is 492. The third-order valence-electron chi connectivity index (χ3n) is 3.87. The van der Waals surface area contributed by atoms with Crippen molar-refractivity contribution in [2.45, 2.75) is 39.2 Å². The minimum atomic E-state index is -0.734. The van der Waals surface area contributed by atoms with Gasteiger partial charge in [0, 0.05) is 18.3 Å². The van der Waals surface area contributed by atoms with E-state index in [-0.39, 0.29) is 17.7 Å². The number of carbonyl (C=O) groups is 2. The van der Waals surface area contributed by atoms with Crippen molar-refractivity contribution in [1.82, 2.24) is 9.88 Å². The summed E-state index contributed by atoms with van der Waals surface area (Å²) < 4.78 is 0. The molecule has 0 bridgehead atoms. The summed E-state index contributed by atoms with van der Waals surface area (Å²) in [5, 5.41) is 11.9. The van der Waals surface area contributed by atoms with E-state index in [1.54, 1.807) is 23.3 Å². The van der Waals surface area contributed by atoms with Crippen molar-refractivity contribution in [1.29, 1.82) is 0 Å². The van der Waals surface area contributed by atoms with Gasteiger partial charge in [0.25, 0.3) is 0 Å². The molecule has 20 heavy (non-hydrogen) atoms. The second-order valence-corrected chi connectivity index (χ2v) is 6.50. The number of hydrogen-bond donors (Lipinski definition) is 1. The van der Waals surface area contributed by atoms with Gasteiger partial charge in [-0.15, -0.1) is 11.3 Å². The number of amides is 1. The molecule has 0 atom stereocenters. The number of nitrogens with zero attached hydrogens (tertiary/aromatic N) is 2. The van der Waals surface area contributed by atoms with Gasteiger partial charge in [-0.25, -0.2) is 4.98 Å². The average Bonchev–Trinajstić information content (AvgIpc) is 2.83. The van der Waals surface area contributed by atoms with Crippen molar-refractivity contribution < 1.29 is 14.7 Å². The standard InChI is InChI=1S/C14H20N2O3S/c1-9-15-12(8-20-9)7-16(2)13(17)10-3-5-11(6-4-10)14(18)19/h8,10-11H,3-7H2,1-2H3,(H,18,19). The Morgan fingerprint density at radius 1 is 1.35 bits per heavy atom. The zero-order chi connectivity index (χ0) is 14.7. The van der Waals surface area contributed by atoms with Crippen LogP contribution in [0.3, 0.4) is 0 Å². The molecule has 0 unspecified atom stereocenters. The lowest BCUT2D eigenvalue weighted by atomic mass is 9.81. The predicted molar refractivity (Wildman–Crippen MR) is 76.4 cm³/mol. The normalized spacial score (nSPS) is 22.5. The maximum Gasteiger partial charge on any atom is 0.306 e. The number of carboxylic acids is 1. The fraction of sp³-hybridized carbons (Fsp3) is 0.643. The highest BCUT2D eigenvalue weighted by Crippen LogP contribution is 2.30. The zero-order valence-electron chi connectivity index (χ0n) is 11.8. The van der Waals surface area contributed by atoms with Crippen molar-refractivity contribution in [3.8, 4) is 0 Å². The van der Waals surface area contributed by atoms with E-state index in [9.17, 15) is 9.59 Å². The molecule has 0 saturated heterocycles. The van der Waals surface area contributed by atoms with Gasteiger partial charge in [-0.1, -0.05) is 0 Å². The molecule has 0 aliphatic heterocycles. The lowest BCUT2D eigenvalue weighted by Crippen LogP contribution is -2.35. The minimum absolute atomic E-state index is 0.0321. The fourth-order valence-corrected chi connectivity index (χ4v) is 3.30. The molecule has 1 aliphatic carbocycles. The largest absolute Gasteiger partial charge is 0.481 e. The molecule has 0 radical (unpaired) electrons. The van der Waals surface area contributed by atoms with E-state index in [0.29, 0.717) is 32.2 Å². The molecular formula is C14H20N2O3S. The van der Waals surface area contributed by atoms with Crippen LogP contribution in [0.2, 0.25) is 0 Å². The molecule has 6 heteroatoms. The molecule has 1 amide bonds. The van der Waals surface area contributed by atoms with Crippen LogP contribution in [-0.4, -0.2) is 33.9 Å². The number of rotatable bonds is 4. The molecule has 110 valence electrons. The number of aliphatic carboxylic acids is 1.